The van der Waals surface area contributed by atoms with E-state index in [1.807, 2.05) is 25.1 Å². The van der Waals surface area contributed by atoms with Gasteiger partial charge in [0.1, 0.15) is 12.4 Å². The van der Waals surface area contributed by atoms with Gasteiger partial charge in [-0.25, -0.2) is 4.98 Å². The molecular weight excluding hydrogens is 462 g/mol. The quantitative estimate of drug-likeness (QED) is 0.368. The van der Waals surface area contributed by atoms with Crippen molar-refractivity contribution in [3.05, 3.63) is 58.8 Å². The van der Waals surface area contributed by atoms with Gasteiger partial charge < -0.3 is 14.8 Å². The van der Waals surface area contributed by atoms with Crippen LogP contribution in [0.2, 0.25) is 0 Å². The molecule has 35 heavy (non-hydrogen) atoms. The zero-order valence-corrected chi connectivity index (χ0v) is 20.0. The Morgan fingerprint density at radius 3 is 2.74 bits per heavy atom. The summed E-state index contributed by atoms with van der Waals surface area (Å²) in [5, 5.41) is 3.07. The molecule has 1 N–H and O–H groups in total. The molecule has 2 atom stereocenters. The number of aromatic nitrogens is 1. The normalized spacial score (nSPS) is 20.1. The third kappa shape index (κ3) is 5.78. The van der Waals surface area contributed by atoms with Gasteiger partial charge in [-0.15, -0.1) is 0 Å². The Morgan fingerprint density at radius 1 is 1.20 bits per heavy atom. The molecule has 2 heterocycles. The highest BCUT2D eigenvalue weighted by Crippen LogP contribution is 2.50. The molecule has 1 aliphatic carbocycles. The van der Waals surface area contributed by atoms with E-state index in [-0.39, 0.29) is 12.7 Å². The predicted molar refractivity (Wildman–Crippen MR) is 126 cm³/mol. The number of hydrogen-bond donors (Lipinski definition) is 1. The molecule has 1 aromatic carbocycles. The molecule has 4 rings (SSSR count). The van der Waals surface area contributed by atoms with E-state index >= 15 is 0 Å². The Balaban J connectivity index is 1.64. The summed E-state index contributed by atoms with van der Waals surface area (Å²) >= 11 is 0. The van der Waals surface area contributed by atoms with Gasteiger partial charge in [-0.1, -0.05) is 24.3 Å². The maximum atomic E-state index is 13.7. The summed E-state index contributed by atoms with van der Waals surface area (Å²) in [5.41, 5.74) is 4.95. The molecule has 9 heteroatoms. The summed E-state index contributed by atoms with van der Waals surface area (Å²) < 4.78 is 64.5. The van der Waals surface area contributed by atoms with Crippen molar-refractivity contribution in [3.8, 4) is 11.6 Å². The van der Waals surface area contributed by atoms with Crippen LogP contribution in [0.15, 0.2) is 42.1 Å². The summed E-state index contributed by atoms with van der Waals surface area (Å²) in [5.74, 6) is 0.766. The van der Waals surface area contributed by atoms with E-state index in [2.05, 4.69) is 16.4 Å². The van der Waals surface area contributed by atoms with Crippen LogP contribution in [0, 0.1) is 0 Å². The summed E-state index contributed by atoms with van der Waals surface area (Å²) in [7, 11) is 1.50. The van der Waals surface area contributed by atoms with Crippen LogP contribution in [0.4, 0.5) is 17.6 Å². The average molecular weight is 494 g/mol. The van der Waals surface area contributed by atoms with Crippen molar-refractivity contribution in [2.75, 3.05) is 40.0 Å². The zero-order valence-electron chi connectivity index (χ0n) is 20.0. The number of methoxy groups -OCH3 is 1. The van der Waals surface area contributed by atoms with E-state index in [1.165, 1.54) is 12.0 Å². The van der Waals surface area contributed by atoms with Crippen LogP contribution < -0.4 is 14.8 Å². The fourth-order valence-corrected chi connectivity index (χ4v) is 5.08. The Morgan fingerprint density at radius 2 is 2.00 bits per heavy atom. The van der Waals surface area contributed by atoms with Crippen LogP contribution in [0.25, 0.3) is 5.57 Å². The minimum absolute atomic E-state index is 0.317. The van der Waals surface area contributed by atoms with E-state index in [0.29, 0.717) is 56.2 Å². The Bertz CT molecular complexity index is 1060. The fraction of sp³-hybridized carbons (Fsp3) is 0.500. The van der Waals surface area contributed by atoms with E-state index in [4.69, 9.17) is 9.47 Å². The first-order chi connectivity index (χ1) is 16.8. The van der Waals surface area contributed by atoms with Crippen LogP contribution >= 0.6 is 0 Å². The van der Waals surface area contributed by atoms with Gasteiger partial charge in [0.2, 0.25) is 5.88 Å². The number of benzene rings is 1. The summed E-state index contributed by atoms with van der Waals surface area (Å²) in [6.45, 7) is 1.87. The molecule has 0 saturated carbocycles. The number of hydrogen-bond acceptors (Lipinski definition) is 5. The second kappa shape index (κ2) is 11.0. The number of pyridine rings is 1. The summed E-state index contributed by atoms with van der Waals surface area (Å²) in [6, 6.07) is 8.72. The second-order valence-corrected chi connectivity index (χ2v) is 8.99. The minimum atomic E-state index is -4.34. The number of ether oxygens (including phenoxy) is 2. The molecule has 0 radical (unpaired) electrons. The van der Waals surface area contributed by atoms with Crippen molar-refractivity contribution in [2.45, 2.75) is 44.4 Å². The number of halogens is 4. The van der Waals surface area contributed by atoms with E-state index < -0.39 is 18.8 Å². The molecule has 0 fully saturated rings. The summed E-state index contributed by atoms with van der Waals surface area (Å²) in [6.07, 6.45) is -1.16. The lowest BCUT2D eigenvalue weighted by Gasteiger charge is -2.42. The molecule has 1 aromatic heterocycles. The van der Waals surface area contributed by atoms with E-state index in [0.717, 1.165) is 22.3 Å². The Kier molecular flexibility index (Phi) is 7.96. The first-order valence-corrected chi connectivity index (χ1v) is 11.9. The molecule has 0 spiro atoms. The number of nitrogens with zero attached hydrogens (tertiary/aromatic N) is 2. The van der Waals surface area contributed by atoms with Crippen molar-refractivity contribution in [1.82, 2.24) is 15.2 Å². The van der Waals surface area contributed by atoms with Gasteiger partial charge in [0.25, 0.3) is 0 Å². The van der Waals surface area contributed by atoms with E-state index in [1.54, 1.807) is 12.3 Å². The van der Waals surface area contributed by atoms with Crippen molar-refractivity contribution >= 4 is 5.57 Å². The maximum Gasteiger partial charge on any atom is 0.401 e. The number of alkyl halides is 4. The van der Waals surface area contributed by atoms with Crippen LogP contribution in [0.3, 0.4) is 0 Å². The lowest BCUT2D eigenvalue weighted by molar-refractivity contribution is -0.155. The Hall–Kier alpha value is -2.65. The van der Waals surface area contributed by atoms with Crippen molar-refractivity contribution in [3.63, 3.8) is 0 Å². The average Bonchev–Trinajstić information content (AvgIpc) is 3.19. The van der Waals surface area contributed by atoms with Gasteiger partial charge in [-0.3, -0.25) is 9.29 Å². The number of nitrogens with one attached hydrogen (secondary N) is 1. The van der Waals surface area contributed by atoms with Gasteiger partial charge in [-0.05, 0) is 55.0 Å². The highest BCUT2D eigenvalue weighted by molar-refractivity contribution is 5.79. The standard InChI is InChI=1S/C26H31F4N3O2/c1-17-12-20-19-7-4-3-6-18(19)13-21(20)25(33(17)16-26(28,29)30)22-15-32-24(14-23(22)34-2)35-11-10-31-9-5-8-27/h3-4,6-7,14-15,17,25,31H,5,8-13,16H2,1-2H3/t17-,25+/m1/s1. The molecule has 0 amide bonds. The van der Waals surface area contributed by atoms with Crippen LogP contribution in [0.5, 0.6) is 11.6 Å². The molecule has 0 saturated heterocycles. The Labute approximate surface area is 203 Å². The fourth-order valence-electron chi connectivity index (χ4n) is 5.08. The van der Waals surface area contributed by atoms with Crippen LogP contribution in [-0.4, -0.2) is 62.1 Å². The van der Waals surface area contributed by atoms with E-state index in [9.17, 15) is 17.6 Å². The van der Waals surface area contributed by atoms with Gasteiger partial charge in [0.05, 0.1) is 26.4 Å². The first-order valence-electron chi connectivity index (χ1n) is 11.9. The second-order valence-electron chi connectivity index (χ2n) is 8.99. The van der Waals surface area contributed by atoms with Crippen molar-refractivity contribution in [2.24, 2.45) is 0 Å². The summed E-state index contributed by atoms with van der Waals surface area (Å²) in [4.78, 5) is 5.91. The first kappa shape index (κ1) is 25.4. The topological polar surface area (TPSA) is 46.6 Å². The molecule has 2 aromatic rings. The largest absolute Gasteiger partial charge is 0.496 e. The molecular formula is C26H31F4N3O2. The van der Waals surface area contributed by atoms with Crippen molar-refractivity contribution < 1.29 is 27.0 Å². The lowest BCUT2D eigenvalue weighted by atomic mass is 9.85. The van der Waals surface area contributed by atoms with Gasteiger partial charge >= 0.3 is 6.18 Å². The van der Waals surface area contributed by atoms with Gasteiger partial charge in [0, 0.05) is 30.4 Å². The maximum absolute atomic E-state index is 13.7. The molecule has 0 unspecified atom stereocenters. The SMILES string of the molecule is COc1cc(OCCNCCCF)ncc1[C@@H]1C2=C(C[C@@H](C)N1CC(F)(F)F)c1ccccc1C2. The van der Waals surface area contributed by atoms with Gasteiger partial charge in [-0.2, -0.15) is 13.2 Å². The van der Waals surface area contributed by atoms with Crippen molar-refractivity contribution in [1.29, 1.82) is 0 Å². The monoisotopic (exact) mass is 493 g/mol. The third-order valence-electron chi connectivity index (χ3n) is 6.60. The minimum Gasteiger partial charge on any atom is -0.496 e. The van der Waals surface area contributed by atoms with Gasteiger partial charge in [0.15, 0.2) is 0 Å². The molecule has 1 aliphatic heterocycles. The highest BCUT2D eigenvalue weighted by Gasteiger charge is 2.44. The molecule has 190 valence electrons. The predicted octanol–water partition coefficient (Wildman–Crippen LogP) is 5.13. The molecule has 2 aliphatic rings. The smallest absolute Gasteiger partial charge is 0.401 e. The zero-order chi connectivity index (χ0) is 25.0. The van der Waals surface area contributed by atoms with Crippen LogP contribution in [-0.2, 0) is 6.42 Å². The third-order valence-corrected chi connectivity index (χ3v) is 6.60. The molecule has 0 bridgehead atoms. The number of fused-ring (bicyclic) bond motifs is 2. The number of rotatable bonds is 10. The highest BCUT2D eigenvalue weighted by atomic mass is 19.4. The lowest BCUT2D eigenvalue weighted by Crippen LogP contribution is -2.46. The van der Waals surface area contributed by atoms with Crippen LogP contribution in [0.1, 0.15) is 42.5 Å². The molecule has 5 nitrogen and oxygen atoms in total.